The van der Waals surface area contributed by atoms with Crippen LogP contribution in [-0.4, -0.2) is 36.7 Å². The standard InChI is InChI=1S/C19H26F3N3O3/c1-6-27-15-8-12(2)7-13(9-15)25-14(10-16(23)19(20,21)22)11-24-17(26)28-18(3,4)5/h7-10H,6,11,23H2,1-5H3,(H,24,26)/b16-10-,25-14?. The van der Waals surface area contributed by atoms with Crippen LogP contribution in [0.1, 0.15) is 33.3 Å². The number of aliphatic imine (C=N–C) groups is 1. The molecule has 28 heavy (non-hydrogen) atoms. The van der Waals surface area contributed by atoms with E-state index in [1.165, 1.54) is 0 Å². The van der Waals surface area contributed by atoms with Gasteiger partial charge < -0.3 is 20.5 Å². The number of allylic oxidation sites excluding steroid dienone is 1. The third-order valence-electron chi connectivity index (χ3n) is 3.08. The Morgan fingerprint density at radius 2 is 1.89 bits per heavy atom. The highest BCUT2D eigenvalue weighted by atomic mass is 19.4. The van der Waals surface area contributed by atoms with Gasteiger partial charge in [0.1, 0.15) is 17.0 Å². The molecule has 1 aromatic carbocycles. The Balaban J connectivity index is 3.17. The van der Waals surface area contributed by atoms with Crippen LogP contribution in [0.5, 0.6) is 5.75 Å². The Kier molecular flexibility index (Phi) is 7.89. The lowest BCUT2D eigenvalue weighted by atomic mass is 10.2. The molecule has 1 aromatic rings. The Bertz CT molecular complexity index is 751. The summed E-state index contributed by atoms with van der Waals surface area (Å²) >= 11 is 0. The highest BCUT2D eigenvalue weighted by Crippen LogP contribution is 2.25. The fourth-order valence-electron chi connectivity index (χ4n) is 2.07. The summed E-state index contributed by atoms with van der Waals surface area (Å²) in [5.41, 5.74) is 4.14. The number of carbonyl (C=O) groups is 1. The first-order valence-electron chi connectivity index (χ1n) is 8.63. The smallest absolute Gasteiger partial charge is 0.430 e. The molecule has 1 amide bonds. The number of hydrogen-bond acceptors (Lipinski definition) is 5. The molecule has 0 spiro atoms. The Morgan fingerprint density at radius 3 is 2.43 bits per heavy atom. The zero-order valence-corrected chi connectivity index (χ0v) is 16.6. The summed E-state index contributed by atoms with van der Waals surface area (Å²) in [4.78, 5) is 16.0. The number of ether oxygens (including phenoxy) is 2. The van der Waals surface area contributed by atoms with E-state index < -0.39 is 23.6 Å². The predicted octanol–water partition coefficient (Wildman–Crippen LogP) is 4.40. The molecule has 6 nitrogen and oxygen atoms in total. The van der Waals surface area contributed by atoms with Crippen molar-refractivity contribution in [3.05, 3.63) is 35.5 Å². The zero-order valence-electron chi connectivity index (χ0n) is 16.6. The summed E-state index contributed by atoms with van der Waals surface area (Å²) in [6.07, 6.45) is -4.81. The van der Waals surface area contributed by atoms with E-state index in [2.05, 4.69) is 10.3 Å². The average Bonchev–Trinajstić information content (AvgIpc) is 2.49. The first kappa shape index (κ1) is 23.3. The highest BCUT2D eigenvalue weighted by Gasteiger charge is 2.31. The van der Waals surface area contributed by atoms with Crippen LogP contribution in [0, 0.1) is 6.92 Å². The number of amides is 1. The van der Waals surface area contributed by atoms with Gasteiger partial charge in [0, 0.05) is 6.07 Å². The number of benzene rings is 1. The topological polar surface area (TPSA) is 85.9 Å². The minimum absolute atomic E-state index is 0.0891. The van der Waals surface area contributed by atoms with Gasteiger partial charge in [-0.05, 0) is 58.4 Å². The zero-order chi connectivity index (χ0) is 21.5. The second-order valence-electron chi connectivity index (χ2n) is 6.99. The van der Waals surface area contributed by atoms with Crippen LogP contribution < -0.4 is 15.8 Å². The monoisotopic (exact) mass is 401 g/mol. The first-order valence-corrected chi connectivity index (χ1v) is 8.63. The minimum atomic E-state index is -4.71. The van der Waals surface area contributed by atoms with Gasteiger partial charge in [-0.3, -0.25) is 4.99 Å². The molecular weight excluding hydrogens is 375 g/mol. The molecule has 0 aliphatic heterocycles. The molecule has 0 fully saturated rings. The molecule has 0 aliphatic carbocycles. The van der Waals surface area contributed by atoms with E-state index in [1.807, 2.05) is 6.92 Å². The summed E-state index contributed by atoms with van der Waals surface area (Å²) in [7, 11) is 0. The second-order valence-corrected chi connectivity index (χ2v) is 6.99. The number of nitrogens with two attached hydrogens (primary N) is 1. The van der Waals surface area contributed by atoms with Crippen molar-refractivity contribution < 1.29 is 27.4 Å². The number of nitrogens with one attached hydrogen (secondary N) is 1. The number of alkyl carbamates (subject to hydrolysis) is 1. The molecule has 0 atom stereocenters. The molecule has 1 rings (SSSR count). The molecule has 0 aliphatic rings. The van der Waals surface area contributed by atoms with Crippen molar-refractivity contribution >= 4 is 17.5 Å². The van der Waals surface area contributed by atoms with Gasteiger partial charge >= 0.3 is 12.3 Å². The third kappa shape index (κ3) is 8.79. The van der Waals surface area contributed by atoms with Crippen molar-refractivity contribution in [2.24, 2.45) is 10.7 Å². The maximum Gasteiger partial charge on any atom is 0.430 e. The molecule has 3 N–H and O–H groups in total. The molecule has 0 saturated heterocycles. The van der Waals surface area contributed by atoms with E-state index in [0.717, 1.165) is 5.56 Å². The number of alkyl halides is 3. The number of rotatable bonds is 6. The molecule has 0 saturated carbocycles. The number of aryl methyl sites for hydroxylation is 1. The van der Waals surface area contributed by atoms with Crippen molar-refractivity contribution in [2.75, 3.05) is 13.2 Å². The van der Waals surface area contributed by atoms with Crippen LogP contribution in [0.3, 0.4) is 0 Å². The van der Waals surface area contributed by atoms with Crippen LogP contribution in [0.4, 0.5) is 23.7 Å². The van der Waals surface area contributed by atoms with Crippen LogP contribution >= 0.6 is 0 Å². The molecule has 0 unspecified atom stereocenters. The molecule has 0 radical (unpaired) electrons. The molecule has 0 heterocycles. The Morgan fingerprint density at radius 1 is 1.25 bits per heavy atom. The molecule has 0 aromatic heterocycles. The lowest BCUT2D eigenvalue weighted by Gasteiger charge is -2.19. The first-order chi connectivity index (χ1) is 12.8. The lowest BCUT2D eigenvalue weighted by molar-refractivity contribution is -0.0925. The second kappa shape index (κ2) is 9.48. The van der Waals surface area contributed by atoms with Gasteiger partial charge in [0.15, 0.2) is 0 Å². The van der Waals surface area contributed by atoms with E-state index in [9.17, 15) is 18.0 Å². The fraction of sp³-hybridized carbons (Fsp3) is 0.474. The van der Waals surface area contributed by atoms with Crippen LogP contribution in [0.15, 0.2) is 35.0 Å². The van der Waals surface area contributed by atoms with Gasteiger partial charge in [0.05, 0.1) is 24.6 Å². The maximum atomic E-state index is 12.8. The van der Waals surface area contributed by atoms with Gasteiger partial charge in [-0.2, -0.15) is 13.2 Å². The van der Waals surface area contributed by atoms with Crippen molar-refractivity contribution in [1.82, 2.24) is 5.32 Å². The fourth-order valence-corrected chi connectivity index (χ4v) is 2.07. The van der Waals surface area contributed by atoms with Crippen molar-refractivity contribution in [3.63, 3.8) is 0 Å². The van der Waals surface area contributed by atoms with Crippen LogP contribution in [-0.2, 0) is 4.74 Å². The third-order valence-corrected chi connectivity index (χ3v) is 3.08. The average molecular weight is 401 g/mol. The van der Waals surface area contributed by atoms with Gasteiger partial charge in [0.25, 0.3) is 0 Å². The summed E-state index contributed by atoms with van der Waals surface area (Å²) in [6, 6.07) is 5.04. The molecule has 0 bridgehead atoms. The number of halogens is 3. The molecule has 156 valence electrons. The maximum absolute atomic E-state index is 12.8. The van der Waals surface area contributed by atoms with Crippen LogP contribution in [0.25, 0.3) is 0 Å². The quantitative estimate of drug-likeness (QED) is 0.692. The minimum Gasteiger partial charge on any atom is -0.494 e. The number of carbonyl (C=O) groups excluding carboxylic acids is 1. The Labute approximate surface area is 162 Å². The largest absolute Gasteiger partial charge is 0.494 e. The lowest BCUT2D eigenvalue weighted by Crippen LogP contribution is -2.35. The normalized spacial score (nSPS) is 13.3. The van der Waals surface area contributed by atoms with E-state index in [0.29, 0.717) is 24.1 Å². The van der Waals surface area contributed by atoms with Gasteiger partial charge in [-0.1, -0.05) is 0 Å². The highest BCUT2D eigenvalue weighted by molar-refractivity contribution is 6.00. The molecular formula is C19H26F3N3O3. The summed E-state index contributed by atoms with van der Waals surface area (Å²) in [5, 5.41) is 2.38. The predicted molar refractivity (Wildman–Crippen MR) is 102 cm³/mol. The van der Waals surface area contributed by atoms with Crippen molar-refractivity contribution in [1.29, 1.82) is 0 Å². The van der Waals surface area contributed by atoms with E-state index in [-0.39, 0.29) is 12.3 Å². The van der Waals surface area contributed by atoms with Crippen molar-refractivity contribution in [3.8, 4) is 5.75 Å². The van der Waals surface area contributed by atoms with E-state index in [1.54, 1.807) is 45.9 Å². The SMILES string of the molecule is CCOc1cc(C)cc(N=C(/C=C(\N)C(F)(F)F)CNC(=O)OC(C)(C)C)c1. The van der Waals surface area contributed by atoms with Gasteiger partial charge in [-0.25, -0.2) is 4.79 Å². The van der Waals surface area contributed by atoms with Crippen LogP contribution in [0.2, 0.25) is 0 Å². The number of nitrogens with zero attached hydrogens (tertiary/aromatic N) is 1. The van der Waals surface area contributed by atoms with Crippen molar-refractivity contribution in [2.45, 2.75) is 46.4 Å². The van der Waals surface area contributed by atoms with Gasteiger partial charge in [-0.15, -0.1) is 0 Å². The summed E-state index contributed by atoms with van der Waals surface area (Å²) in [5.74, 6) is 0.536. The van der Waals surface area contributed by atoms with E-state index >= 15 is 0 Å². The van der Waals surface area contributed by atoms with E-state index in [4.69, 9.17) is 15.2 Å². The Hall–Kier alpha value is -2.71. The molecule has 9 heteroatoms. The summed E-state index contributed by atoms with van der Waals surface area (Å²) in [6.45, 7) is 8.76. The summed E-state index contributed by atoms with van der Waals surface area (Å²) < 4.78 is 49.0. The number of hydrogen-bond donors (Lipinski definition) is 2. The van der Waals surface area contributed by atoms with Gasteiger partial charge in [0.2, 0.25) is 0 Å².